The Hall–Kier alpha value is -3.92. The molecule has 0 aliphatic carbocycles. The van der Waals surface area contributed by atoms with Gasteiger partial charge in [0.1, 0.15) is 27.7 Å². The number of benzene rings is 1. The fourth-order valence-corrected chi connectivity index (χ4v) is 4.38. The van der Waals surface area contributed by atoms with Crippen LogP contribution in [0, 0.1) is 0 Å². The van der Waals surface area contributed by atoms with E-state index in [-0.39, 0.29) is 22.9 Å². The molecule has 0 aliphatic rings. The summed E-state index contributed by atoms with van der Waals surface area (Å²) in [6.07, 6.45) is 1.68. The molecule has 0 saturated carbocycles. The first-order chi connectivity index (χ1) is 16.0. The number of aromatic nitrogens is 7. The molecular weight excluding hydrogens is 438 g/mol. The summed E-state index contributed by atoms with van der Waals surface area (Å²) in [5, 5.41) is 15.5. The Balaban J connectivity index is 1.61. The van der Waals surface area contributed by atoms with Gasteiger partial charge in [-0.05, 0) is 41.0 Å². The number of thiazole rings is 1. The Labute approximate surface area is 193 Å². The van der Waals surface area contributed by atoms with Gasteiger partial charge >= 0.3 is 0 Å². The molecule has 5 aromatic rings. The Kier molecular flexibility index (Phi) is 5.43. The van der Waals surface area contributed by atoms with Crippen molar-refractivity contribution >= 4 is 17.0 Å². The smallest absolute Gasteiger partial charge is 0.269 e. The average Bonchev–Trinajstić information content (AvgIpc) is 3.50. The molecule has 0 bridgehead atoms. The number of pyridine rings is 1. The fourth-order valence-electron chi connectivity index (χ4n) is 3.41. The highest BCUT2D eigenvalue weighted by molar-refractivity contribution is 7.13. The predicted octanol–water partition coefficient (Wildman–Crippen LogP) is 3.65. The van der Waals surface area contributed by atoms with E-state index in [2.05, 4.69) is 29.3 Å². The largest absolute Gasteiger partial charge is 0.497 e. The van der Waals surface area contributed by atoms with Crippen molar-refractivity contribution in [3.05, 3.63) is 75.7 Å². The van der Waals surface area contributed by atoms with Crippen LogP contribution < -0.4 is 10.3 Å². The number of fused-ring (bicyclic) bond motifs is 1. The highest BCUT2D eigenvalue weighted by atomic mass is 32.1. The lowest BCUT2D eigenvalue weighted by molar-refractivity contribution is 0.414. The standard InChI is InChI=1S/C23H21N7O2S/c1-14(2)17-13-33-22(24-17)20-19(23(31)29-11-5-4-6-18(29)25-20)21-26-28-30(27-21)12-15-7-9-16(32-3)10-8-15/h4-11,13-14H,12H2,1-3H3. The van der Waals surface area contributed by atoms with E-state index in [0.29, 0.717) is 22.9 Å². The zero-order valence-corrected chi connectivity index (χ0v) is 19.2. The van der Waals surface area contributed by atoms with Crippen LogP contribution in [0.5, 0.6) is 5.75 Å². The number of ether oxygens (including phenoxy) is 1. The van der Waals surface area contributed by atoms with Gasteiger partial charge in [0.15, 0.2) is 0 Å². The quantitative estimate of drug-likeness (QED) is 0.382. The molecule has 0 N–H and O–H groups in total. The summed E-state index contributed by atoms with van der Waals surface area (Å²) in [5.74, 6) is 1.26. The molecule has 4 aromatic heterocycles. The first-order valence-electron chi connectivity index (χ1n) is 10.4. The van der Waals surface area contributed by atoms with E-state index < -0.39 is 0 Å². The van der Waals surface area contributed by atoms with E-state index in [1.54, 1.807) is 25.4 Å². The maximum absolute atomic E-state index is 13.5. The maximum atomic E-state index is 13.5. The van der Waals surface area contributed by atoms with Gasteiger partial charge in [-0.1, -0.05) is 32.0 Å². The minimum atomic E-state index is -0.263. The Bertz CT molecular complexity index is 1490. The van der Waals surface area contributed by atoms with Gasteiger partial charge in [0.25, 0.3) is 5.56 Å². The second kappa shape index (κ2) is 8.55. The molecule has 0 saturated heterocycles. The molecule has 33 heavy (non-hydrogen) atoms. The number of hydrogen-bond acceptors (Lipinski definition) is 8. The molecule has 5 rings (SSSR count). The third-order valence-electron chi connectivity index (χ3n) is 5.21. The average molecular weight is 460 g/mol. The van der Waals surface area contributed by atoms with Crippen molar-refractivity contribution in [2.45, 2.75) is 26.3 Å². The first kappa shape index (κ1) is 21.0. The number of nitrogens with zero attached hydrogens (tertiary/aromatic N) is 7. The van der Waals surface area contributed by atoms with Crippen molar-refractivity contribution in [3.63, 3.8) is 0 Å². The molecule has 166 valence electrons. The van der Waals surface area contributed by atoms with Crippen LogP contribution in [0.15, 0.2) is 58.8 Å². The summed E-state index contributed by atoms with van der Waals surface area (Å²) in [5.41, 5.74) is 2.95. The van der Waals surface area contributed by atoms with Crippen LogP contribution >= 0.6 is 11.3 Å². The van der Waals surface area contributed by atoms with Crippen LogP contribution in [0.1, 0.15) is 31.0 Å². The second-order valence-corrected chi connectivity index (χ2v) is 8.65. The summed E-state index contributed by atoms with van der Waals surface area (Å²) in [6, 6.07) is 13.0. The molecule has 10 heteroatoms. The van der Waals surface area contributed by atoms with E-state index in [1.807, 2.05) is 35.7 Å². The van der Waals surface area contributed by atoms with Gasteiger partial charge in [-0.25, -0.2) is 9.97 Å². The van der Waals surface area contributed by atoms with Crippen molar-refractivity contribution in [1.29, 1.82) is 0 Å². The van der Waals surface area contributed by atoms with E-state index in [9.17, 15) is 4.79 Å². The Morgan fingerprint density at radius 1 is 1.09 bits per heavy atom. The molecule has 9 nitrogen and oxygen atoms in total. The minimum absolute atomic E-state index is 0.218. The molecule has 0 spiro atoms. The van der Waals surface area contributed by atoms with Gasteiger partial charge in [0, 0.05) is 11.6 Å². The van der Waals surface area contributed by atoms with E-state index in [4.69, 9.17) is 14.7 Å². The van der Waals surface area contributed by atoms with Crippen LogP contribution in [0.2, 0.25) is 0 Å². The highest BCUT2D eigenvalue weighted by Gasteiger charge is 2.23. The molecule has 4 heterocycles. The van der Waals surface area contributed by atoms with Gasteiger partial charge in [0.2, 0.25) is 5.82 Å². The third kappa shape index (κ3) is 4.00. The van der Waals surface area contributed by atoms with Crippen LogP contribution in [0.3, 0.4) is 0 Å². The second-order valence-electron chi connectivity index (χ2n) is 7.79. The van der Waals surface area contributed by atoms with Crippen molar-refractivity contribution < 1.29 is 4.74 Å². The van der Waals surface area contributed by atoms with Gasteiger partial charge in [-0.15, -0.1) is 21.5 Å². The zero-order chi connectivity index (χ0) is 22.9. The Morgan fingerprint density at radius 2 is 1.91 bits per heavy atom. The predicted molar refractivity (Wildman–Crippen MR) is 126 cm³/mol. The highest BCUT2D eigenvalue weighted by Crippen LogP contribution is 2.30. The Morgan fingerprint density at radius 3 is 2.64 bits per heavy atom. The van der Waals surface area contributed by atoms with Crippen LogP contribution in [0.25, 0.3) is 27.7 Å². The van der Waals surface area contributed by atoms with Crippen molar-refractivity contribution in [3.8, 4) is 27.8 Å². The molecule has 0 aliphatic heterocycles. The maximum Gasteiger partial charge on any atom is 0.269 e. The van der Waals surface area contributed by atoms with Gasteiger partial charge in [-0.2, -0.15) is 4.80 Å². The molecule has 1 aromatic carbocycles. The fraction of sp³-hybridized carbons (Fsp3) is 0.217. The third-order valence-corrected chi connectivity index (χ3v) is 6.08. The number of rotatable bonds is 6. The van der Waals surface area contributed by atoms with Crippen molar-refractivity contribution in [2.24, 2.45) is 0 Å². The molecule has 0 amide bonds. The summed E-state index contributed by atoms with van der Waals surface area (Å²) in [7, 11) is 1.63. The number of tetrazole rings is 1. The normalized spacial score (nSPS) is 11.4. The monoisotopic (exact) mass is 459 g/mol. The lowest BCUT2D eigenvalue weighted by Crippen LogP contribution is -2.19. The van der Waals surface area contributed by atoms with Crippen molar-refractivity contribution in [1.82, 2.24) is 34.6 Å². The van der Waals surface area contributed by atoms with Gasteiger partial charge in [-0.3, -0.25) is 9.20 Å². The van der Waals surface area contributed by atoms with E-state index in [0.717, 1.165) is 17.0 Å². The topological polar surface area (TPSA) is 100 Å². The molecular formula is C23H21N7O2S. The lowest BCUT2D eigenvalue weighted by atomic mass is 10.1. The van der Waals surface area contributed by atoms with Crippen LogP contribution in [-0.4, -0.2) is 41.7 Å². The number of hydrogen-bond donors (Lipinski definition) is 0. The van der Waals surface area contributed by atoms with Gasteiger partial charge < -0.3 is 4.74 Å². The molecule has 0 fully saturated rings. The minimum Gasteiger partial charge on any atom is -0.497 e. The summed E-state index contributed by atoms with van der Waals surface area (Å²) in [6.45, 7) is 4.56. The van der Waals surface area contributed by atoms with Gasteiger partial charge in [0.05, 0.1) is 19.3 Å². The molecule has 0 atom stereocenters. The SMILES string of the molecule is COc1ccc(Cn2nnc(-c3c(-c4nc(C(C)C)cs4)nc4ccccn4c3=O)n2)cc1. The first-order valence-corrected chi connectivity index (χ1v) is 11.3. The molecule has 0 unspecified atom stereocenters. The van der Waals surface area contributed by atoms with E-state index >= 15 is 0 Å². The summed E-state index contributed by atoms with van der Waals surface area (Å²) < 4.78 is 6.69. The van der Waals surface area contributed by atoms with E-state index in [1.165, 1.54) is 20.5 Å². The summed E-state index contributed by atoms with van der Waals surface area (Å²) in [4.78, 5) is 24.4. The molecule has 0 radical (unpaired) electrons. The number of methoxy groups -OCH3 is 1. The van der Waals surface area contributed by atoms with Crippen LogP contribution in [0.4, 0.5) is 0 Å². The lowest BCUT2D eigenvalue weighted by Gasteiger charge is -2.07. The van der Waals surface area contributed by atoms with Crippen molar-refractivity contribution in [2.75, 3.05) is 7.11 Å². The van der Waals surface area contributed by atoms with Crippen LogP contribution in [-0.2, 0) is 6.54 Å². The zero-order valence-electron chi connectivity index (χ0n) is 18.3. The summed E-state index contributed by atoms with van der Waals surface area (Å²) >= 11 is 1.45.